The first-order valence-electron chi connectivity index (χ1n) is 6.23. The minimum atomic E-state index is 0.00742. The first-order valence-corrected chi connectivity index (χ1v) is 7.01. The predicted octanol–water partition coefficient (Wildman–Crippen LogP) is 2.21. The molecule has 4 nitrogen and oxygen atoms in total. The fraction of sp³-hybridized carbons (Fsp3) is 0.833. The lowest BCUT2D eigenvalue weighted by molar-refractivity contribution is 0.281. The van der Waals surface area contributed by atoms with Gasteiger partial charge in [-0.1, -0.05) is 20.8 Å². The number of hydrogen-bond donors (Lipinski definition) is 1. The molecule has 1 N–H and O–H groups in total. The van der Waals surface area contributed by atoms with Gasteiger partial charge in [0.25, 0.3) is 5.19 Å². The van der Waals surface area contributed by atoms with Crippen molar-refractivity contribution in [2.45, 2.75) is 39.0 Å². The number of aromatic nitrogens is 2. The van der Waals surface area contributed by atoms with E-state index in [4.69, 9.17) is 4.74 Å². The molecule has 0 radical (unpaired) electrons. The van der Waals surface area contributed by atoms with E-state index in [1.165, 1.54) is 18.0 Å². The zero-order valence-electron chi connectivity index (χ0n) is 10.8. The molecule has 1 unspecified atom stereocenters. The van der Waals surface area contributed by atoms with Crippen LogP contribution in [0.25, 0.3) is 0 Å². The zero-order valence-corrected chi connectivity index (χ0v) is 11.6. The minimum Gasteiger partial charge on any atom is -0.469 e. The van der Waals surface area contributed by atoms with Crippen LogP contribution in [0.1, 0.15) is 39.4 Å². The number of nitrogens with zero attached hydrogens (tertiary/aromatic N) is 2. The fourth-order valence-electron chi connectivity index (χ4n) is 1.85. The normalized spacial score (nSPS) is 20.8. The Morgan fingerprint density at radius 2 is 2.29 bits per heavy atom. The SMILES string of the molecule is CC(C)(C)c1nsc(OCCC2CCNC2)n1. The first kappa shape index (κ1) is 12.8. The third kappa shape index (κ3) is 3.64. The highest BCUT2D eigenvalue weighted by molar-refractivity contribution is 7.07. The van der Waals surface area contributed by atoms with Gasteiger partial charge in [0.05, 0.1) is 6.61 Å². The number of hydrogen-bond acceptors (Lipinski definition) is 5. The van der Waals surface area contributed by atoms with Crippen LogP contribution in [0.2, 0.25) is 0 Å². The van der Waals surface area contributed by atoms with E-state index in [-0.39, 0.29) is 5.41 Å². The van der Waals surface area contributed by atoms with Gasteiger partial charge in [-0.15, -0.1) is 0 Å². The molecule has 0 bridgehead atoms. The molecule has 0 aliphatic carbocycles. The van der Waals surface area contributed by atoms with Gasteiger partial charge in [0.2, 0.25) is 0 Å². The van der Waals surface area contributed by atoms with Gasteiger partial charge in [0.1, 0.15) is 0 Å². The van der Waals surface area contributed by atoms with Gasteiger partial charge in [-0.25, -0.2) is 0 Å². The highest BCUT2D eigenvalue weighted by atomic mass is 32.1. The fourth-order valence-corrected chi connectivity index (χ4v) is 2.59. The molecule has 1 aromatic heterocycles. The molecule has 96 valence electrons. The van der Waals surface area contributed by atoms with Crippen LogP contribution in [-0.4, -0.2) is 29.1 Å². The molecule has 1 aliphatic heterocycles. The molecule has 1 aromatic rings. The molecular formula is C12H21N3OS. The number of rotatable bonds is 4. The molecule has 0 spiro atoms. The lowest BCUT2D eigenvalue weighted by Gasteiger charge is -2.12. The number of nitrogens with one attached hydrogen (secondary N) is 1. The standard InChI is InChI=1S/C12H21N3OS/c1-12(2,3)10-14-11(17-15-10)16-7-5-9-4-6-13-8-9/h9,13H,4-8H2,1-3H3. The van der Waals surface area contributed by atoms with Crippen LogP contribution >= 0.6 is 11.5 Å². The monoisotopic (exact) mass is 255 g/mol. The molecular weight excluding hydrogens is 234 g/mol. The van der Waals surface area contributed by atoms with Crippen LogP contribution in [0.4, 0.5) is 0 Å². The third-order valence-electron chi connectivity index (χ3n) is 2.99. The quantitative estimate of drug-likeness (QED) is 0.896. The molecule has 2 rings (SSSR count). The molecule has 1 atom stereocenters. The van der Waals surface area contributed by atoms with Crippen molar-refractivity contribution in [2.75, 3.05) is 19.7 Å². The Kier molecular flexibility index (Phi) is 3.99. The molecule has 0 saturated carbocycles. The smallest absolute Gasteiger partial charge is 0.293 e. The van der Waals surface area contributed by atoms with E-state index >= 15 is 0 Å². The van der Waals surface area contributed by atoms with Crippen molar-refractivity contribution >= 4 is 11.5 Å². The molecule has 0 aromatic carbocycles. The van der Waals surface area contributed by atoms with Crippen molar-refractivity contribution in [3.05, 3.63) is 5.82 Å². The summed E-state index contributed by atoms with van der Waals surface area (Å²) in [5.41, 5.74) is 0.00742. The zero-order chi connectivity index (χ0) is 12.3. The third-order valence-corrected chi connectivity index (χ3v) is 3.62. The summed E-state index contributed by atoms with van der Waals surface area (Å²) in [6, 6.07) is 0. The summed E-state index contributed by atoms with van der Waals surface area (Å²) in [7, 11) is 0. The van der Waals surface area contributed by atoms with Crippen molar-refractivity contribution in [3.63, 3.8) is 0 Å². The van der Waals surface area contributed by atoms with E-state index in [2.05, 4.69) is 35.4 Å². The molecule has 0 amide bonds. The predicted molar refractivity (Wildman–Crippen MR) is 69.7 cm³/mol. The highest BCUT2D eigenvalue weighted by Gasteiger charge is 2.20. The number of ether oxygens (including phenoxy) is 1. The maximum atomic E-state index is 5.66. The Balaban J connectivity index is 1.77. The van der Waals surface area contributed by atoms with Gasteiger partial charge in [-0.05, 0) is 31.8 Å². The van der Waals surface area contributed by atoms with E-state index in [1.807, 2.05) is 0 Å². The Hall–Kier alpha value is -0.680. The van der Waals surface area contributed by atoms with Crippen molar-refractivity contribution in [3.8, 4) is 5.19 Å². The summed E-state index contributed by atoms with van der Waals surface area (Å²) in [6.45, 7) is 9.38. The maximum Gasteiger partial charge on any atom is 0.293 e. The molecule has 1 saturated heterocycles. The average molecular weight is 255 g/mol. The minimum absolute atomic E-state index is 0.00742. The molecule has 5 heteroatoms. The first-order chi connectivity index (χ1) is 8.05. The summed E-state index contributed by atoms with van der Waals surface area (Å²) in [4.78, 5) is 4.42. The van der Waals surface area contributed by atoms with Crippen molar-refractivity contribution in [2.24, 2.45) is 5.92 Å². The molecule has 1 aliphatic rings. The molecule has 2 heterocycles. The van der Waals surface area contributed by atoms with Gasteiger partial charge in [-0.3, -0.25) is 0 Å². The van der Waals surface area contributed by atoms with Crippen molar-refractivity contribution in [1.82, 2.24) is 14.7 Å². The summed E-state index contributed by atoms with van der Waals surface area (Å²) in [5, 5.41) is 4.07. The second-order valence-electron chi connectivity index (χ2n) is 5.63. The van der Waals surface area contributed by atoms with E-state index in [1.54, 1.807) is 0 Å². The Morgan fingerprint density at radius 3 is 2.88 bits per heavy atom. The van der Waals surface area contributed by atoms with E-state index in [0.29, 0.717) is 5.19 Å². The topological polar surface area (TPSA) is 47.0 Å². The van der Waals surface area contributed by atoms with Crippen molar-refractivity contribution in [1.29, 1.82) is 0 Å². The van der Waals surface area contributed by atoms with Gasteiger partial charge in [0.15, 0.2) is 5.82 Å². The lowest BCUT2D eigenvalue weighted by Crippen LogP contribution is -2.13. The maximum absolute atomic E-state index is 5.66. The van der Waals surface area contributed by atoms with Crippen LogP contribution in [-0.2, 0) is 5.41 Å². The van der Waals surface area contributed by atoms with Gasteiger partial charge >= 0.3 is 0 Å². The van der Waals surface area contributed by atoms with Crippen LogP contribution in [0, 0.1) is 5.92 Å². The Labute approximate surface area is 107 Å². The molecule has 1 fully saturated rings. The van der Waals surface area contributed by atoms with Crippen molar-refractivity contribution < 1.29 is 4.74 Å². The van der Waals surface area contributed by atoms with E-state index in [0.717, 1.165) is 37.9 Å². The van der Waals surface area contributed by atoms with Crippen LogP contribution < -0.4 is 10.1 Å². The van der Waals surface area contributed by atoms with Crippen LogP contribution in [0.15, 0.2) is 0 Å². The summed E-state index contributed by atoms with van der Waals surface area (Å²) in [5.74, 6) is 1.64. The average Bonchev–Trinajstić information content (AvgIpc) is 2.86. The Bertz CT molecular complexity index is 353. The van der Waals surface area contributed by atoms with Crippen LogP contribution in [0.5, 0.6) is 5.19 Å². The lowest BCUT2D eigenvalue weighted by atomic mass is 9.96. The van der Waals surface area contributed by atoms with Gasteiger partial charge < -0.3 is 10.1 Å². The van der Waals surface area contributed by atoms with Gasteiger partial charge in [0, 0.05) is 16.9 Å². The summed E-state index contributed by atoms with van der Waals surface area (Å²) in [6.07, 6.45) is 2.38. The summed E-state index contributed by atoms with van der Waals surface area (Å²) < 4.78 is 9.99. The second-order valence-corrected chi connectivity index (χ2v) is 6.34. The molecule has 17 heavy (non-hydrogen) atoms. The summed E-state index contributed by atoms with van der Waals surface area (Å²) >= 11 is 1.36. The highest BCUT2D eigenvalue weighted by Crippen LogP contribution is 2.24. The van der Waals surface area contributed by atoms with E-state index in [9.17, 15) is 0 Å². The second kappa shape index (κ2) is 5.31. The van der Waals surface area contributed by atoms with E-state index < -0.39 is 0 Å². The largest absolute Gasteiger partial charge is 0.469 e. The van der Waals surface area contributed by atoms with Crippen LogP contribution in [0.3, 0.4) is 0 Å². The van der Waals surface area contributed by atoms with Gasteiger partial charge in [-0.2, -0.15) is 9.36 Å². The Morgan fingerprint density at radius 1 is 1.47 bits per heavy atom.